The predicted octanol–water partition coefficient (Wildman–Crippen LogP) is 2.77. The van der Waals surface area contributed by atoms with Gasteiger partial charge in [-0.25, -0.2) is 9.97 Å². The van der Waals surface area contributed by atoms with E-state index in [1.54, 1.807) is 12.3 Å². The van der Waals surface area contributed by atoms with Gasteiger partial charge in [-0.15, -0.1) is 0 Å². The molecular formula is C19H22N4O2. The minimum atomic E-state index is -0.218. The summed E-state index contributed by atoms with van der Waals surface area (Å²) in [6, 6.07) is 9.47. The first-order valence-electron chi connectivity index (χ1n) is 8.92. The van der Waals surface area contributed by atoms with E-state index >= 15 is 0 Å². The molecule has 1 saturated carbocycles. The third-order valence-corrected chi connectivity index (χ3v) is 4.74. The lowest BCUT2D eigenvalue weighted by molar-refractivity contribution is -0.119. The summed E-state index contributed by atoms with van der Waals surface area (Å²) >= 11 is 0. The number of benzene rings is 1. The molecular weight excluding hydrogens is 316 g/mol. The molecule has 1 aliphatic carbocycles. The molecule has 0 bridgehead atoms. The first-order valence-corrected chi connectivity index (χ1v) is 8.92. The molecule has 1 amide bonds. The van der Waals surface area contributed by atoms with Crippen molar-refractivity contribution in [2.75, 3.05) is 11.9 Å². The molecule has 0 radical (unpaired) electrons. The summed E-state index contributed by atoms with van der Waals surface area (Å²) in [6.45, 7) is 0.705. The Hall–Kier alpha value is -2.63. The minimum absolute atomic E-state index is 0.0218. The van der Waals surface area contributed by atoms with E-state index in [9.17, 15) is 4.79 Å². The molecule has 1 saturated heterocycles. The Morgan fingerprint density at radius 3 is 2.60 bits per heavy atom. The quantitative estimate of drug-likeness (QED) is 0.877. The molecule has 2 N–H and O–H groups in total. The first kappa shape index (κ1) is 15.9. The Bertz CT molecular complexity index is 741. The maximum absolute atomic E-state index is 11.7. The number of anilines is 1. The lowest BCUT2D eigenvalue weighted by Gasteiger charge is -2.13. The van der Waals surface area contributed by atoms with Crippen LogP contribution in [0.4, 0.5) is 5.82 Å². The summed E-state index contributed by atoms with van der Waals surface area (Å²) in [4.78, 5) is 20.6. The molecule has 1 aliphatic heterocycles. The van der Waals surface area contributed by atoms with Crippen LogP contribution in [-0.2, 0) is 4.79 Å². The van der Waals surface area contributed by atoms with Crippen molar-refractivity contribution < 1.29 is 9.53 Å². The minimum Gasteiger partial charge on any atom is -0.490 e. The zero-order chi connectivity index (χ0) is 17.1. The largest absolute Gasteiger partial charge is 0.490 e. The van der Waals surface area contributed by atoms with Gasteiger partial charge in [0.05, 0.1) is 6.10 Å². The van der Waals surface area contributed by atoms with Crippen molar-refractivity contribution in [1.82, 2.24) is 15.3 Å². The Morgan fingerprint density at radius 1 is 1.08 bits per heavy atom. The van der Waals surface area contributed by atoms with E-state index in [-0.39, 0.29) is 11.9 Å². The van der Waals surface area contributed by atoms with Crippen molar-refractivity contribution in [3.8, 4) is 17.1 Å². The second kappa shape index (κ2) is 7.09. The summed E-state index contributed by atoms with van der Waals surface area (Å²) in [5.74, 6) is 2.22. The molecule has 2 aliphatic rings. The van der Waals surface area contributed by atoms with Crippen molar-refractivity contribution in [2.24, 2.45) is 0 Å². The average Bonchev–Trinajstić information content (AvgIpc) is 3.28. The molecule has 0 spiro atoms. The molecule has 6 nitrogen and oxygen atoms in total. The van der Waals surface area contributed by atoms with Gasteiger partial charge in [-0.1, -0.05) is 0 Å². The summed E-state index contributed by atoms with van der Waals surface area (Å²) in [5, 5.41) is 5.99. The van der Waals surface area contributed by atoms with Crippen molar-refractivity contribution in [2.45, 2.75) is 44.2 Å². The second-order valence-electron chi connectivity index (χ2n) is 6.59. The fourth-order valence-corrected chi connectivity index (χ4v) is 3.37. The van der Waals surface area contributed by atoms with Crippen molar-refractivity contribution in [3.63, 3.8) is 0 Å². The number of rotatable bonds is 5. The lowest BCUT2D eigenvalue weighted by atomic mass is 10.2. The van der Waals surface area contributed by atoms with Crippen LogP contribution < -0.4 is 15.4 Å². The highest BCUT2D eigenvalue weighted by Crippen LogP contribution is 2.26. The second-order valence-corrected chi connectivity index (χ2v) is 6.59. The molecule has 1 atom stereocenters. The van der Waals surface area contributed by atoms with E-state index in [1.165, 1.54) is 12.8 Å². The molecule has 1 aromatic heterocycles. The van der Waals surface area contributed by atoms with E-state index in [1.807, 2.05) is 24.3 Å². The number of hydrogen-bond donors (Lipinski definition) is 2. The van der Waals surface area contributed by atoms with Crippen molar-refractivity contribution in [3.05, 3.63) is 36.5 Å². The summed E-state index contributed by atoms with van der Waals surface area (Å²) < 4.78 is 5.99. The average molecular weight is 338 g/mol. The molecule has 2 heterocycles. The van der Waals surface area contributed by atoms with E-state index in [0.29, 0.717) is 24.3 Å². The highest BCUT2D eigenvalue weighted by atomic mass is 16.5. The molecule has 0 unspecified atom stereocenters. The van der Waals surface area contributed by atoms with E-state index in [4.69, 9.17) is 4.74 Å². The summed E-state index contributed by atoms with van der Waals surface area (Å²) in [6.07, 6.45) is 7.64. The molecule has 4 rings (SSSR count). The Balaban J connectivity index is 1.45. The Labute approximate surface area is 147 Å². The Morgan fingerprint density at radius 2 is 1.88 bits per heavy atom. The number of nitrogens with zero attached hydrogens (tertiary/aromatic N) is 2. The fourth-order valence-electron chi connectivity index (χ4n) is 3.37. The topological polar surface area (TPSA) is 76.1 Å². The summed E-state index contributed by atoms with van der Waals surface area (Å²) in [5.41, 5.74) is 0.929. The zero-order valence-electron chi connectivity index (χ0n) is 14.1. The number of carbonyl (C=O) groups excluding carboxylic acids is 1. The van der Waals surface area contributed by atoms with Gasteiger partial charge >= 0.3 is 0 Å². The van der Waals surface area contributed by atoms with Gasteiger partial charge in [-0.05, 0) is 62.4 Å². The van der Waals surface area contributed by atoms with Crippen LogP contribution in [0.1, 0.15) is 32.1 Å². The van der Waals surface area contributed by atoms with Gasteiger partial charge in [-0.2, -0.15) is 0 Å². The van der Waals surface area contributed by atoms with Gasteiger partial charge in [0.15, 0.2) is 5.82 Å². The van der Waals surface area contributed by atoms with Crippen LogP contribution in [0.15, 0.2) is 36.5 Å². The standard InChI is InChI=1S/C19H22N4O2/c24-19-16(9-11-21-19)22-17-10-12-20-18(23-17)13-5-7-15(8-6-13)25-14-3-1-2-4-14/h5-8,10,12,14,16H,1-4,9,11H2,(H,21,24)(H,20,22,23)/t16-/m0/s1. The third kappa shape index (κ3) is 3.73. The van der Waals surface area contributed by atoms with Gasteiger partial charge in [0.1, 0.15) is 17.6 Å². The molecule has 1 aromatic carbocycles. The highest BCUT2D eigenvalue weighted by molar-refractivity contribution is 5.86. The number of amides is 1. The number of aromatic nitrogens is 2. The molecule has 130 valence electrons. The van der Waals surface area contributed by atoms with Gasteiger partial charge in [0.25, 0.3) is 0 Å². The van der Waals surface area contributed by atoms with Gasteiger partial charge in [-0.3, -0.25) is 4.79 Å². The van der Waals surface area contributed by atoms with Crippen LogP contribution in [0, 0.1) is 0 Å². The lowest BCUT2D eigenvalue weighted by Crippen LogP contribution is -2.29. The number of carbonyl (C=O) groups is 1. The fraction of sp³-hybridized carbons (Fsp3) is 0.421. The predicted molar refractivity (Wildman–Crippen MR) is 95.4 cm³/mol. The SMILES string of the molecule is O=C1NCC[C@@H]1Nc1ccnc(-c2ccc(OC3CCCC3)cc2)n1. The van der Waals surface area contributed by atoms with E-state index in [2.05, 4.69) is 20.6 Å². The van der Waals surface area contributed by atoms with Crippen LogP contribution in [0.25, 0.3) is 11.4 Å². The van der Waals surface area contributed by atoms with Crippen molar-refractivity contribution in [1.29, 1.82) is 0 Å². The van der Waals surface area contributed by atoms with Gasteiger partial charge in [0.2, 0.25) is 5.91 Å². The summed E-state index contributed by atoms with van der Waals surface area (Å²) in [7, 11) is 0. The van der Waals surface area contributed by atoms with Crippen LogP contribution in [0.2, 0.25) is 0 Å². The third-order valence-electron chi connectivity index (χ3n) is 4.74. The Kier molecular flexibility index (Phi) is 4.50. The van der Waals surface area contributed by atoms with Crippen LogP contribution in [-0.4, -0.2) is 34.6 Å². The number of nitrogens with one attached hydrogen (secondary N) is 2. The van der Waals surface area contributed by atoms with Crippen LogP contribution >= 0.6 is 0 Å². The van der Waals surface area contributed by atoms with Gasteiger partial charge in [0, 0.05) is 18.3 Å². The number of hydrogen-bond acceptors (Lipinski definition) is 5. The maximum Gasteiger partial charge on any atom is 0.242 e. The number of ether oxygens (including phenoxy) is 1. The highest BCUT2D eigenvalue weighted by Gasteiger charge is 2.24. The smallest absolute Gasteiger partial charge is 0.242 e. The molecule has 2 aromatic rings. The van der Waals surface area contributed by atoms with Gasteiger partial charge < -0.3 is 15.4 Å². The normalized spacial score (nSPS) is 20.5. The molecule has 25 heavy (non-hydrogen) atoms. The van der Waals surface area contributed by atoms with Crippen LogP contribution in [0.3, 0.4) is 0 Å². The van der Waals surface area contributed by atoms with Crippen molar-refractivity contribution >= 4 is 11.7 Å². The van der Waals surface area contributed by atoms with E-state index in [0.717, 1.165) is 30.6 Å². The van der Waals surface area contributed by atoms with E-state index < -0.39 is 0 Å². The molecule has 6 heteroatoms. The monoisotopic (exact) mass is 338 g/mol. The zero-order valence-corrected chi connectivity index (χ0v) is 14.1. The molecule has 2 fully saturated rings. The maximum atomic E-state index is 11.7. The van der Waals surface area contributed by atoms with Crippen LogP contribution in [0.5, 0.6) is 5.75 Å². The first-order chi connectivity index (χ1) is 12.3.